The molecule has 2 aromatic rings. The van der Waals surface area contributed by atoms with Gasteiger partial charge >= 0.3 is 0 Å². The molecule has 1 saturated heterocycles. The van der Waals surface area contributed by atoms with Crippen molar-refractivity contribution in [3.05, 3.63) is 54.2 Å². The molecular weight excluding hydrogens is 354 g/mol. The molecule has 3 rings (SSSR count). The predicted molar refractivity (Wildman–Crippen MR) is 107 cm³/mol. The van der Waals surface area contributed by atoms with Crippen molar-refractivity contribution in [3.63, 3.8) is 0 Å². The Bertz CT molecular complexity index is 897. The number of pyridine rings is 1. The van der Waals surface area contributed by atoms with Crippen molar-refractivity contribution >= 4 is 23.3 Å². The van der Waals surface area contributed by atoms with Crippen LogP contribution in [0.15, 0.2) is 48.7 Å². The molecule has 28 heavy (non-hydrogen) atoms. The van der Waals surface area contributed by atoms with Crippen LogP contribution in [-0.4, -0.2) is 47.9 Å². The number of aromatic nitrogens is 1. The molecule has 2 amide bonds. The second-order valence-electron chi connectivity index (χ2n) is 7.24. The van der Waals surface area contributed by atoms with Crippen LogP contribution in [0.2, 0.25) is 0 Å². The van der Waals surface area contributed by atoms with Crippen molar-refractivity contribution in [2.45, 2.75) is 13.8 Å². The quantitative estimate of drug-likeness (QED) is 0.826. The Hall–Kier alpha value is -3.40. The van der Waals surface area contributed by atoms with E-state index in [1.807, 2.05) is 24.3 Å². The van der Waals surface area contributed by atoms with E-state index < -0.39 is 5.41 Å². The molecule has 0 unspecified atom stereocenters. The summed E-state index contributed by atoms with van der Waals surface area (Å²) in [5.41, 5.74) is -0.256. The van der Waals surface area contributed by atoms with Crippen molar-refractivity contribution < 1.29 is 9.59 Å². The van der Waals surface area contributed by atoms with Gasteiger partial charge in [-0.2, -0.15) is 5.26 Å². The van der Waals surface area contributed by atoms with E-state index in [2.05, 4.69) is 15.2 Å². The standard InChI is InChI=1S/C21H23N5O2/c1-21(2,19(27)24-17-7-5-6-16(14-17)15-22)20(28)26-12-10-25(11-13-26)18-8-3-4-9-23-18/h3-9,14H,10-13H2,1-2H3,(H,24,27). The minimum atomic E-state index is -1.21. The third kappa shape index (κ3) is 4.12. The van der Waals surface area contributed by atoms with E-state index in [4.69, 9.17) is 5.26 Å². The highest BCUT2D eigenvalue weighted by Crippen LogP contribution is 2.24. The first-order valence-corrected chi connectivity index (χ1v) is 9.19. The van der Waals surface area contributed by atoms with Crippen molar-refractivity contribution in [1.82, 2.24) is 9.88 Å². The number of carbonyl (C=O) groups excluding carboxylic acids is 2. The van der Waals surface area contributed by atoms with E-state index in [9.17, 15) is 9.59 Å². The zero-order valence-electron chi connectivity index (χ0n) is 16.1. The lowest BCUT2D eigenvalue weighted by atomic mass is 9.89. The topological polar surface area (TPSA) is 89.3 Å². The monoisotopic (exact) mass is 377 g/mol. The minimum Gasteiger partial charge on any atom is -0.353 e. The maximum absolute atomic E-state index is 13.0. The second-order valence-corrected chi connectivity index (χ2v) is 7.24. The molecule has 0 bridgehead atoms. The van der Waals surface area contributed by atoms with Gasteiger partial charge in [-0.15, -0.1) is 0 Å². The van der Waals surface area contributed by atoms with Crippen molar-refractivity contribution in [3.8, 4) is 6.07 Å². The molecule has 144 valence electrons. The summed E-state index contributed by atoms with van der Waals surface area (Å²) in [4.78, 5) is 33.9. The first-order chi connectivity index (χ1) is 13.4. The average molecular weight is 377 g/mol. The van der Waals surface area contributed by atoms with Crippen LogP contribution >= 0.6 is 0 Å². The van der Waals surface area contributed by atoms with Gasteiger partial charge < -0.3 is 15.1 Å². The molecule has 0 saturated carbocycles. The number of hydrogen-bond donors (Lipinski definition) is 1. The van der Waals surface area contributed by atoms with Gasteiger partial charge in [-0.3, -0.25) is 9.59 Å². The van der Waals surface area contributed by atoms with Crippen LogP contribution in [0.25, 0.3) is 0 Å². The molecule has 1 aliphatic rings. The Kier molecular flexibility index (Phi) is 5.59. The van der Waals surface area contributed by atoms with Crippen LogP contribution < -0.4 is 10.2 Å². The van der Waals surface area contributed by atoms with E-state index in [0.29, 0.717) is 37.4 Å². The average Bonchev–Trinajstić information content (AvgIpc) is 2.74. The summed E-state index contributed by atoms with van der Waals surface area (Å²) < 4.78 is 0. The minimum absolute atomic E-state index is 0.206. The molecule has 1 fully saturated rings. The number of hydrogen-bond acceptors (Lipinski definition) is 5. The van der Waals surface area contributed by atoms with E-state index in [1.165, 1.54) is 0 Å². The maximum Gasteiger partial charge on any atom is 0.239 e. The highest BCUT2D eigenvalue weighted by molar-refractivity contribution is 6.09. The van der Waals surface area contributed by atoms with Crippen molar-refractivity contribution in [1.29, 1.82) is 5.26 Å². The Morgan fingerprint density at radius 3 is 2.50 bits per heavy atom. The molecular formula is C21H23N5O2. The zero-order chi connectivity index (χ0) is 20.1. The molecule has 7 nitrogen and oxygen atoms in total. The van der Waals surface area contributed by atoms with Gasteiger partial charge in [0.25, 0.3) is 0 Å². The zero-order valence-corrected chi connectivity index (χ0v) is 16.1. The fourth-order valence-electron chi connectivity index (χ4n) is 3.13. The fourth-order valence-corrected chi connectivity index (χ4v) is 3.13. The number of benzene rings is 1. The van der Waals surface area contributed by atoms with Gasteiger partial charge in [0, 0.05) is 38.1 Å². The van der Waals surface area contributed by atoms with Crippen molar-refractivity contribution in [2.24, 2.45) is 5.41 Å². The number of piperazine rings is 1. The molecule has 1 aromatic heterocycles. The highest BCUT2D eigenvalue weighted by atomic mass is 16.2. The summed E-state index contributed by atoms with van der Waals surface area (Å²) in [7, 11) is 0. The van der Waals surface area contributed by atoms with E-state index in [-0.39, 0.29) is 11.8 Å². The Morgan fingerprint density at radius 2 is 1.86 bits per heavy atom. The lowest BCUT2D eigenvalue weighted by Gasteiger charge is -2.38. The van der Waals surface area contributed by atoms with E-state index in [1.54, 1.807) is 49.2 Å². The largest absolute Gasteiger partial charge is 0.353 e. The number of amides is 2. The molecule has 1 aromatic carbocycles. The van der Waals surface area contributed by atoms with Crippen LogP contribution in [0, 0.1) is 16.7 Å². The third-order valence-electron chi connectivity index (χ3n) is 4.89. The SMILES string of the molecule is CC(C)(C(=O)Nc1cccc(C#N)c1)C(=O)N1CCN(c2ccccn2)CC1. The van der Waals surface area contributed by atoms with Gasteiger partial charge in [0.1, 0.15) is 11.2 Å². The molecule has 0 aliphatic carbocycles. The number of anilines is 2. The van der Waals surface area contributed by atoms with Gasteiger partial charge in [-0.1, -0.05) is 12.1 Å². The predicted octanol–water partition coefficient (Wildman–Crippen LogP) is 2.27. The van der Waals surface area contributed by atoms with Crippen LogP contribution in [0.3, 0.4) is 0 Å². The summed E-state index contributed by atoms with van der Waals surface area (Å²) >= 11 is 0. The molecule has 2 heterocycles. The molecule has 1 N–H and O–H groups in total. The summed E-state index contributed by atoms with van der Waals surface area (Å²) in [6, 6.07) is 14.4. The van der Waals surface area contributed by atoms with Crippen LogP contribution in [0.5, 0.6) is 0 Å². The van der Waals surface area contributed by atoms with Gasteiger partial charge in [0.15, 0.2) is 0 Å². The normalized spacial score (nSPS) is 14.3. The second kappa shape index (κ2) is 8.09. The lowest BCUT2D eigenvalue weighted by molar-refractivity contribution is -0.146. The van der Waals surface area contributed by atoms with Crippen molar-refractivity contribution in [2.75, 3.05) is 36.4 Å². The van der Waals surface area contributed by atoms with Crippen LogP contribution in [-0.2, 0) is 9.59 Å². The number of nitrogens with one attached hydrogen (secondary N) is 1. The fraction of sp³-hybridized carbons (Fsp3) is 0.333. The first-order valence-electron chi connectivity index (χ1n) is 9.19. The van der Waals surface area contributed by atoms with Crippen LogP contribution in [0.1, 0.15) is 19.4 Å². The molecule has 7 heteroatoms. The number of rotatable bonds is 4. The summed E-state index contributed by atoms with van der Waals surface area (Å²) in [5.74, 6) is 0.297. The van der Waals surface area contributed by atoms with E-state index >= 15 is 0 Å². The van der Waals surface area contributed by atoms with Gasteiger partial charge in [-0.05, 0) is 44.2 Å². The molecule has 0 spiro atoms. The summed E-state index contributed by atoms with van der Waals surface area (Å²) in [6.45, 7) is 5.68. The van der Waals surface area contributed by atoms with E-state index in [0.717, 1.165) is 5.82 Å². The van der Waals surface area contributed by atoms with Crippen LogP contribution in [0.4, 0.5) is 11.5 Å². The third-order valence-corrected chi connectivity index (χ3v) is 4.89. The summed E-state index contributed by atoms with van der Waals surface area (Å²) in [5, 5.41) is 11.7. The Labute approximate surface area is 164 Å². The highest BCUT2D eigenvalue weighted by Gasteiger charge is 2.40. The van der Waals surface area contributed by atoms with Gasteiger partial charge in [-0.25, -0.2) is 4.98 Å². The Balaban J connectivity index is 1.62. The smallest absolute Gasteiger partial charge is 0.239 e. The number of nitriles is 1. The van der Waals surface area contributed by atoms with Gasteiger partial charge in [0.2, 0.25) is 11.8 Å². The maximum atomic E-state index is 13.0. The molecule has 1 aliphatic heterocycles. The first kappa shape index (κ1) is 19.4. The van der Waals surface area contributed by atoms with Gasteiger partial charge in [0.05, 0.1) is 11.6 Å². The molecule has 0 radical (unpaired) electrons. The Morgan fingerprint density at radius 1 is 1.11 bits per heavy atom. The number of carbonyl (C=O) groups is 2. The number of nitrogens with zero attached hydrogens (tertiary/aromatic N) is 4. The molecule has 0 atom stereocenters. The lowest BCUT2D eigenvalue weighted by Crippen LogP contribution is -2.54. The summed E-state index contributed by atoms with van der Waals surface area (Å²) in [6.07, 6.45) is 1.75.